The quantitative estimate of drug-likeness (QED) is 0.866. The lowest BCUT2D eigenvalue weighted by molar-refractivity contribution is -0.153. The lowest BCUT2D eigenvalue weighted by Crippen LogP contribution is -2.41. The number of nitrogens with one attached hydrogen (secondary N) is 1. The minimum absolute atomic E-state index is 0.203. The van der Waals surface area contributed by atoms with Gasteiger partial charge in [0, 0.05) is 25.6 Å². The molecule has 1 fully saturated rings. The van der Waals surface area contributed by atoms with Gasteiger partial charge in [0.25, 0.3) is 0 Å². The first-order valence-corrected chi connectivity index (χ1v) is 8.35. The number of rotatable bonds is 6. The van der Waals surface area contributed by atoms with E-state index in [4.69, 9.17) is 9.47 Å². The fourth-order valence-corrected chi connectivity index (χ4v) is 2.96. The number of ether oxygens (including phenoxy) is 2. The topological polar surface area (TPSA) is 50.8 Å². The molecule has 2 atom stereocenters. The van der Waals surface area contributed by atoms with Gasteiger partial charge in [-0.05, 0) is 25.8 Å². The average molecular weight is 338 g/mol. The standard InChI is InChI=1S/C18H27FN2O3/c1-13(11-18(3)23-9-10-24-18)12-20-17(22)21(4)14(2)15-7-5-6-8-16(15)19/h5-8,13-14H,9-12H2,1-4H3,(H,20,22)/t13-,14-/m0/s1. The van der Waals surface area contributed by atoms with Crippen LogP contribution in [-0.2, 0) is 9.47 Å². The molecule has 2 rings (SSSR count). The molecular formula is C18H27FN2O3. The van der Waals surface area contributed by atoms with Crippen molar-refractivity contribution in [1.82, 2.24) is 10.2 Å². The third kappa shape index (κ3) is 4.68. The first-order chi connectivity index (χ1) is 11.3. The Kier molecular flexibility index (Phi) is 6.18. The second-order valence-corrected chi connectivity index (χ2v) is 6.63. The van der Waals surface area contributed by atoms with Crippen LogP contribution in [0.4, 0.5) is 9.18 Å². The summed E-state index contributed by atoms with van der Waals surface area (Å²) in [7, 11) is 1.67. The zero-order chi connectivity index (χ0) is 17.7. The molecule has 1 aromatic rings. The highest BCUT2D eigenvalue weighted by atomic mass is 19.1. The summed E-state index contributed by atoms with van der Waals surface area (Å²) < 4.78 is 25.0. The normalized spacial score (nSPS) is 18.9. The number of halogens is 1. The van der Waals surface area contributed by atoms with Crippen LogP contribution in [0.3, 0.4) is 0 Å². The molecule has 0 aliphatic carbocycles. The molecule has 134 valence electrons. The highest BCUT2D eigenvalue weighted by Crippen LogP contribution is 2.26. The average Bonchev–Trinajstić information content (AvgIpc) is 2.97. The molecule has 1 saturated heterocycles. The fourth-order valence-electron chi connectivity index (χ4n) is 2.96. The van der Waals surface area contributed by atoms with E-state index in [9.17, 15) is 9.18 Å². The minimum Gasteiger partial charge on any atom is -0.348 e. The molecule has 5 nitrogen and oxygen atoms in total. The summed E-state index contributed by atoms with van der Waals surface area (Å²) in [5, 5.41) is 2.90. The maximum Gasteiger partial charge on any atom is 0.317 e. The molecule has 6 heteroatoms. The lowest BCUT2D eigenvalue weighted by atomic mass is 10.0. The summed E-state index contributed by atoms with van der Waals surface area (Å²) in [6.45, 7) is 7.50. The van der Waals surface area contributed by atoms with Crippen LogP contribution in [0, 0.1) is 11.7 Å². The van der Waals surface area contributed by atoms with Gasteiger partial charge in [-0.15, -0.1) is 0 Å². The van der Waals surface area contributed by atoms with Crippen LogP contribution in [0.1, 0.15) is 38.8 Å². The summed E-state index contributed by atoms with van der Waals surface area (Å²) in [6, 6.07) is 5.94. The fraction of sp³-hybridized carbons (Fsp3) is 0.611. The first kappa shape index (κ1) is 18.7. The Morgan fingerprint density at radius 1 is 1.33 bits per heavy atom. The van der Waals surface area contributed by atoms with Crippen LogP contribution in [0.25, 0.3) is 0 Å². The molecule has 0 aromatic heterocycles. The van der Waals surface area contributed by atoms with E-state index in [0.717, 1.165) is 0 Å². The number of carbonyl (C=O) groups excluding carboxylic acids is 1. The van der Waals surface area contributed by atoms with Gasteiger partial charge in [0.2, 0.25) is 0 Å². The molecule has 0 radical (unpaired) electrons. The number of hydrogen-bond donors (Lipinski definition) is 1. The summed E-state index contributed by atoms with van der Waals surface area (Å²) in [6.07, 6.45) is 0.708. The molecule has 2 amide bonds. The van der Waals surface area contributed by atoms with Crippen molar-refractivity contribution < 1.29 is 18.7 Å². The highest BCUT2D eigenvalue weighted by Gasteiger charge is 2.32. The van der Waals surface area contributed by atoms with E-state index in [1.54, 1.807) is 25.2 Å². The number of carbonyl (C=O) groups is 1. The van der Waals surface area contributed by atoms with Gasteiger partial charge in [0.1, 0.15) is 5.82 Å². The van der Waals surface area contributed by atoms with Crippen LogP contribution in [-0.4, -0.2) is 43.5 Å². The summed E-state index contributed by atoms with van der Waals surface area (Å²) >= 11 is 0. The van der Waals surface area contributed by atoms with Gasteiger partial charge in [-0.25, -0.2) is 9.18 Å². The van der Waals surface area contributed by atoms with Crippen molar-refractivity contribution in [3.63, 3.8) is 0 Å². The van der Waals surface area contributed by atoms with Crippen LogP contribution in [0.15, 0.2) is 24.3 Å². The monoisotopic (exact) mass is 338 g/mol. The first-order valence-electron chi connectivity index (χ1n) is 8.35. The lowest BCUT2D eigenvalue weighted by Gasteiger charge is -2.28. The Morgan fingerprint density at radius 2 is 1.96 bits per heavy atom. The van der Waals surface area contributed by atoms with Gasteiger partial charge in [0.05, 0.1) is 19.3 Å². The summed E-state index contributed by atoms with van der Waals surface area (Å²) in [5.74, 6) is -0.660. The molecule has 0 saturated carbocycles. The van der Waals surface area contributed by atoms with Gasteiger partial charge in [-0.1, -0.05) is 25.1 Å². The van der Waals surface area contributed by atoms with E-state index in [0.29, 0.717) is 31.7 Å². The Bertz CT molecular complexity index is 561. The van der Waals surface area contributed by atoms with Crippen molar-refractivity contribution in [2.75, 3.05) is 26.8 Å². The second kappa shape index (κ2) is 7.94. The van der Waals surface area contributed by atoms with Crippen LogP contribution < -0.4 is 5.32 Å². The van der Waals surface area contributed by atoms with Crippen LogP contribution >= 0.6 is 0 Å². The zero-order valence-electron chi connectivity index (χ0n) is 14.8. The van der Waals surface area contributed by atoms with Gasteiger partial charge >= 0.3 is 6.03 Å². The Balaban J connectivity index is 1.84. The Hall–Kier alpha value is -1.66. The Labute approximate surface area is 143 Å². The zero-order valence-corrected chi connectivity index (χ0v) is 14.8. The third-order valence-electron chi connectivity index (χ3n) is 4.48. The molecule has 1 aliphatic rings. The number of hydrogen-bond acceptors (Lipinski definition) is 3. The number of nitrogens with zero attached hydrogens (tertiary/aromatic N) is 1. The number of urea groups is 1. The van der Waals surface area contributed by atoms with Crippen LogP contribution in [0.5, 0.6) is 0 Å². The van der Waals surface area contributed by atoms with Gasteiger partial charge in [-0.2, -0.15) is 0 Å². The van der Waals surface area contributed by atoms with E-state index in [1.807, 2.05) is 20.8 Å². The molecule has 24 heavy (non-hydrogen) atoms. The molecular weight excluding hydrogens is 311 g/mol. The molecule has 1 aliphatic heterocycles. The number of amides is 2. The SMILES string of the molecule is C[C@H](CNC(=O)N(C)[C@@H](C)c1ccccc1F)CC1(C)OCCO1. The molecule has 0 spiro atoms. The predicted octanol–water partition coefficient (Wildman–Crippen LogP) is 3.32. The predicted molar refractivity (Wildman–Crippen MR) is 90.1 cm³/mol. The van der Waals surface area contributed by atoms with Crippen LogP contribution in [0.2, 0.25) is 0 Å². The molecule has 1 aromatic carbocycles. The highest BCUT2D eigenvalue weighted by molar-refractivity contribution is 5.74. The van der Waals surface area contributed by atoms with Gasteiger partial charge in [-0.3, -0.25) is 0 Å². The minimum atomic E-state index is -0.559. The third-order valence-corrected chi connectivity index (χ3v) is 4.48. The summed E-state index contributed by atoms with van der Waals surface area (Å²) in [5.41, 5.74) is 0.503. The number of benzene rings is 1. The van der Waals surface area contributed by atoms with E-state index in [2.05, 4.69) is 5.32 Å². The van der Waals surface area contributed by atoms with Crippen molar-refractivity contribution in [3.05, 3.63) is 35.6 Å². The molecule has 0 bridgehead atoms. The van der Waals surface area contributed by atoms with Crippen molar-refractivity contribution in [2.24, 2.45) is 5.92 Å². The Morgan fingerprint density at radius 3 is 2.58 bits per heavy atom. The van der Waals surface area contributed by atoms with Gasteiger partial charge in [0.15, 0.2) is 5.79 Å². The van der Waals surface area contributed by atoms with Crippen molar-refractivity contribution in [1.29, 1.82) is 0 Å². The smallest absolute Gasteiger partial charge is 0.317 e. The summed E-state index contributed by atoms with van der Waals surface area (Å²) in [4.78, 5) is 13.8. The van der Waals surface area contributed by atoms with Crippen molar-refractivity contribution in [2.45, 2.75) is 39.0 Å². The van der Waals surface area contributed by atoms with E-state index in [1.165, 1.54) is 11.0 Å². The maximum atomic E-state index is 13.9. The van der Waals surface area contributed by atoms with E-state index < -0.39 is 5.79 Å². The van der Waals surface area contributed by atoms with E-state index >= 15 is 0 Å². The molecule has 0 unspecified atom stereocenters. The molecule has 1 heterocycles. The largest absolute Gasteiger partial charge is 0.348 e. The maximum absolute atomic E-state index is 13.9. The molecule has 1 N–H and O–H groups in total. The van der Waals surface area contributed by atoms with Crippen molar-refractivity contribution >= 4 is 6.03 Å². The van der Waals surface area contributed by atoms with Gasteiger partial charge < -0.3 is 19.7 Å². The van der Waals surface area contributed by atoms with Crippen molar-refractivity contribution in [3.8, 4) is 0 Å². The van der Waals surface area contributed by atoms with E-state index in [-0.39, 0.29) is 23.8 Å². The second-order valence-electron chi connectivity index (χ2n) is 6.63.